The van der Waals surface area contributed by atoms with E-state index in [1.165, 1.54) is 5.01 Å². The van der Waals surface area contributed by atoms with Gasteiger partial charge in [-0.15, -0.1) is 0 Å². The molecule has 1 N–H and O–H groups in total. The zero-order valence-corrected chi connectivity index (χ0v) is 8.78. The van der Waals surface area contributed by atoms with Gasteiger partial charge < -0.3 is 5.11 Å². The molecule has 1 rings (SSSR count). The highest BCUT2D eigenvalue weighted by Crippen LogP contribution is 2.31. The molecule has 1 fully saturated rings. The second-order valence-electron chi connectivity index (χ2n) is 3.90. The summed E-state index contributed by atoms with van der Waals surface area (Å²) in [5.41, 5.74) is -0.230. The Labute approximate surface area is 83.3 Å². The fraction of sp³-hybridized carbons (Fsp3) is 0.778. The Balaban J connectivity index is 2.80. The number of carbonyl (C=O) groups excluding carboxylic acids is 1. The van der Waals surface area contributed by atoms with E-state index in [2.05, 4.69) is 0 Å². The lowest BCUT2D eigenvalue weighted by atomic mass is 9.96. The lowest BCUT2D eigenvalue weighted by Gasteiger charge is -2.34. The van der Waals surface area contributed by atoms with Crippen molar-refractivity contribution < 1.29 is 14.7 Å². The molecule has 5 nitrogen and oxygen atoms in total. The molecule has 14 heavy (non-hydrogen) atoms. The Kier molecular flexibility index (Phi) is 2.80. The minimum absolute atomic E-state index is 0.112. The van der Waals surface area contributed by atoms with Crippen LogP contribution in [0.15, 0.2) is 0 Å². The predicted molar refractivity (Wildman–Crippen MR) is 50.4 cm³/mol. The summed E-state index contributed by atoms with van der Waals surface area (Å²) < 4.78 is 0. The number of carboxylic acids is 1. The lowest BCUT2D eigenvalue weighted by molar-refractivity contribution is -0.152. The first kappa shape index (κ1) is 11.0. The standard InChI is InChI=1S/C9H16N2O3/c1-4-9(2)5-7(12)11(10(9)3)6-8(13)14/h4-6H2,1-3H3,(H,13,14). The van der Waals surface area contributed by atoms with Gasteiger partial charge in [0.2, 0.25) is 5.91 Å². The van der Waals surface area contributed by atoms with Gasteiger partial charge in [0, 0.05) is 19.0 Å². The molecule has 0 saturated carbocycles. The van der Waals surface area contributed by atoms with Crippen LogP contribution in [0.1, 0.15) is 26.7 Å². The number of carboxylic acid groups (broad SMARTS) is 1. The van der Waals surface area contributed by atoms with Crippen LogP contribution in [-0.2, 0) is 9.59 Å². The molecule has 0 bridgehead atoms. The summed E-state index contributed by atoms with van der Waals surface area (Å²) in [7, 11) is 1.76. The molecule has 1 atom stereocenters. The van der Waals surface area contributed by atoms with Crippen LogP contribution in [0.5, 0.6) is 0 Å². The molecule has 1 aliphatic rings. The van der Waals surface area contributed by atoms with Gasteiger partial charge in [-0.3, -0.25) is 14.6 Å². The van der Waals surface area contributed by atoms with Crippen molar-refractivity contribution in [3.63, 3.8) is 0 Å². The SMILES string of the molecule is CCC1(C)CC(=O)N(CC(=O)O)N1C. The Morgan fingerprint density at radius 3 is 2.57 bits per heavy atom. The quantitative estimate of drug-likeness (QED) is 0.712. The first-order valence-corrected chi connectivity index (χ1v) is 4.66. The van der Waals surface area contributed by atoms with E-state index in [-0.39, 0.29) is 18.0 Å². The van der Waals surface area contributed by atoms with E-state index in [9.17, 15) is 9.59 Å². The molecule has 1 amide bonds. The molecule has 0 spiro atoms. The number of aliphatic carboxylic acids is 1. The smallest absolute Gasteiger partial charge is 0.324 e. The fourth-order valence-electron chi connectivity index (χ4n) is 1.67. The van der Waals surface area contributed by atoms with E-state index in [0.717, 1.165) is 6.42 Å². The van der Waals surface area contributed by atoms with Gasteiger partial charge in [-0.2, -0.15) is 0 Å². The van der Waals surface area contributed by atoms with E-state index >= 15 is 0 Å². The lowest BCUT2D eigenvalue weighted by Crippen LogP contribution is -2.47. The average Bonchev–Trinajstić information content (AvgIpc) is 2.30. The summed E-state index contributed by atoms with van der Waals surface area (Å²) in [5.74, 6) is -1.09. The number of rotatable bonds is 3. The predicted octanol–water partition coefficient (Wildman–Crippen LogP) is 0.319. The van der Waals surface area contributed by atoms with Crippen molar-refractivity contribution in [1.82, 2.24) is 10.0 Å². The topological polar surface area (TPSA) is 60.9 Å². The largest absolute Gasteiger partial charge is 0.480 e. The van der Waals surface area contributed by atoms with Crippen molar-refractivity contribution in [2.75, 3.05) is 13.6 Å². The summed E-state index contributed by atoms with van der Waals surface area (Å²) in [4.78, 5) is 22.0. The van der Waals surface area contributed by atoms with E-state index in [4.69, 9.17) is 5.11 Å². The van der Waals surface area contributed by atoms with Crippen molar-refractivity contribution in [2.45, 2.75) is 32.2 Å². The molecule has 0 aromatic heterocycles. The summed E-state index contributed by atoms with van der Waals surface area (Å²) >= 11 is 0. The fourth-order valence-corrected chi connectivity index (χ4v) is 1.67. The molecule has 0 aliphatic carbocycles. The molecule has 5 heteroatoms. The Morgan fingerprint density at radius 1 is 1.64 bits per heavy atom. The minimum Gasteiger partial charge on any atom is -0.480 e. The molecule has 1 unspecified atom stereocenters. The summed E-state index contributed by atoms with van der Waals surface area (Å²) in [5, 5.41) is 11.7. The summed E-state index contributed by atoms with van der Waals surface area (Å²) in [6.45, 7) is 3.71. The number of amides is 1. The third kappa shape index (κ3) is 1.72. The first-order chi connectivity index (χ1) is 6.40. The van der Waals surface area contributed by atoms with Gasteiger partial charge in [0.1, 0.15) is 6.54 Å². The molecule has 0 aromatic carbocycles. The van der Waals surface area contributed by atoms with Crippen molar-refractivity contribution in [3.8, 4) is 0 Å². The molecule has 1 aliphatic heterocycles. The van der Waals surface area contributed by atoms with Crippen LogP contribution in [0, 0.1) is 0 Å². The van der Waals surface area contributed by atoms with Gasteiger partial charge in [-0.05, 0) is 13.3 Å². The van der Waals surface area contributed by atoms with Crippen molar-refractivity contribution >= 4 is 11.9 Å². The van der Waals surface area contributed by atoms with Crippen LogP contribution >= 0.6 is 0 Å². The van der Waals surface area contributed by atoms with Gasteiger partial charge >= 0.3 is 5.97 Å². The van der Waals surface area contributed by atoms with Gasteiger partial charge in [0.25, 0.3) is 0 Å². The van der Waals surface area contributed by atoms with Crippen LogP contribution in [0.25, 0.3) is 0 Å². The van der Waals surface area contributed by atoms with E-state index in [1.54, 1.807) is 12.1 Å². The summed E-state index contributed by atoms with van der Waals surface area (Å²) in [6, 6.07) is 0. The van der Waals surface area contributed by atoms with Crippen LogP contribution in [0.3, 0.4) is 0 Å². The molecule has 1 saturated heterocycles. The zero-order valence-electron chi connectivity index (χ0n) is 8.78. The van der Waals surface area contributed by atoms with E-state index in [1.807, 2.05) is 13.8 Å². The molecular weight excluding hydrogens is 184 g/mol. The molecule has 0 radical (unpaired) electrons. The van der Waals surface area contributed by atoms with Gasteiger partial charge in [-0.1, -0.05) is 6.92 Å². The molecular formula is C9H16N2O3. The number of carbonyl (C=O) groups is 2. The van der Waals surface area contributed by atoms with E-state index in [0.29, 0.717) is 6.42 Å². The average molecular weight is 200 g/mol. The molecule has 80 valence electrons. The highest BCUT2D eigenvalue weighted by Gasteiger charge is 2.43. The third-order valence-electron chi connectivity index (χ3n) is 3.01. The highest BCUT2D eigenvalue weighted by molar-refractivity contribution is 5.83. The minimum atomic E-state index is -0.981. The van der Waals surface area contributed by atoms with Gasteiger partial charge in [0.15, 0.2) is 0 Å². The Bertz CT molecular complexity index is 267. The van der Waals surface area contributed by atoms with Crippen LogP contribution in [0.4, 0.5) is 0 Å². The maximum Gasteiger partial charge on any atom is 0.324 e. The van der Waals surface area contributed by atoms with Crippen LogP contribution in [-0.4, -0.2) is 46.1 Å². The Morgan fingerprint density at radius 2 is 2.21 bits per heavy atom. The molecule has 0 aromatic rings. The number of nitrogens with zero attached hydrogens (tertiary/aromatic N) is 2. The normalized spacial score (nSPS) is 28.5. The van der Waals surface area contributed by atoms with Crippen LogP contribution in [0.2, 0.25) is 0 Å². The maximum atomic E-state index is 11.5. The Hall–Kier alpha value is -1.10. The maximum absolute atomic E-state index is 11.5. The highest BCUT2D eigenvalue weighted by atomic mass is 16.4. The third-order valence-corrected chi connectivity index (χ3v) is 3.01. The van der Waals surface area contributed by atoms with E-state index < -0.39 is 5.97 Å². The second kappa shape index (κ2) is 3.57. The molecule has 1 heterocycles. The van der Waals surface area contributed by atoms with Crippen molar-refractivity contribution in [1.29, 1.82) is 0 Å². The van der Waals surface area contributed by atoms with Crippen molar-refractivity contribution in [3.05, 3.63) is 0 Å². The second-order valence-corrected chi connectivity index (χ2v) is 3.90. The number of hydrazine groups is 1. The van der Waals surface area contributed by atoms with Gasteiger partial charge in [-0.25, -0.2) is 5.01 Å². The van der Waals surface area contributed by atoms with Gasteiger partial charge in [0.05, 0.1) is 0 Å². The zero-order chi connectivity index (χ0) is 10.9. The van der Waals surface area contributed by atoms with Crippen LogP contribution < -0.4 is 0 Å². The number of hydrogen-bond donors (Lipinski definition) is 1. The number of hydrogen-bond acceptors (Lipinski definition) is 3. The summed E-state index contributed by atoms with van der Waals surface area (Å²) in [6.07, 6.45) is 1.22. The first-order valence-electron chi connectivity index (χ1n) is 4.66. The van der Waals surface area contributed by atoms with Crippen molar-refractivity contribution in [2.24, 2.45) is 0 Å². The monoisotopic (exact) mass is 200 g/mol.